The van der Waals surface area contributed by atoms with Crippen LogP contribution in [0.4, 0.5) is 0 Å². The van der Waals surface area contributed by atoms with Crippen molar-refractivity contribution in [3.63, 3.8) is 0 Å². The van der Waals surface area contributed by atoms with Gasteiger partial charge in [-0.25, -0.2) is 0 Å². The van der Waals surface area contributed by atoms with Gasteiger partial charge >= 0.3 is 5.97 Å². The van der Waals surface area contributed by atoms with E-state index in [9.17, 15) is 9.59 Å². The monoisotopic (exact) mass is 261 g/mol. The maximum Gasteiger partial charge on any atom is 0.311 e. The third kappa shape index (κ3) is 3.13. The molecule has 0 saturated carbocycles. The number of nitrogens with zero attached hydrogens (tertiary/aromatic N) is 1. The Hall–Kier alpha value is -1.84. The van der Waals surface area contributed by atoms with Crippen LogP contribution in [-0.4, -0.2) is 35.0 Å². The van der Waals surface area contributed by atoms with Crippen LogP contribution in [0.25, 0.3) is 0 Å². The summed E-state index contributed by atoms with van der Waals surface area (Å²) in [4.78, 5) is 24.9. The number of amides is 1. The van der Waals surface area contributed by atoms with E-state index in [-0.39, 0.29) is 5.91 Å². The number of carbonyl (C=O) groups excluding carboxylic acids is 1. The Morgan fingerprint density at radius 1 is 1.32 bits per heavy atom. The minimum absolute atomic E-state index is 0.0498. The number of benzene rings is 1. The number of hydrogen-bond donors (Lipinski definition) is 1. The third-order valence-electron chi connectivity index (χ3n) is 3.81. The van der Waals surface area contributed by atoms with Crippen molar-refractivity contribution in [3.05, 3.63) is 35.9 Å². The molecule has 1 heterocycles. The summed E-state index contributed by atoms with van der Waals surface area (Å²) in [6, 6.07) is 9.86. The van der Waals surface area contributed by atoms with Crippen LogP contribution in [0.2, 0.25) is 0 Å². The predicted octanol–water partition coefficient (Wildman–Crippen LogP) is 1.94. The van der Waals surface area contributed by atoms with Crippen LogP contribution in [-0.2, 0) is 16.0 Å². The number of carboxylic acid groups (broad SMARTS) is 1. The second kappa shape index (κ2) is 5.43. The largest absolute Gasteiger partial charge is 0.481 e. The summed E-state index contributed by atoms with van der Waals surface area (Å²) in [5.74, 6) is -0.764. The zero-order valence-corrected chi connectivity index (χ0v) is 11.1. The van der Waals surface area contributed by atoms with E-state index < -0.39 is 11.4 Å². The number of rotatable bonds is 4. The van der Waals surface area contributed by atoms with E-state index >= 15 is 0 Å². The van der Waals surface area contributed by atoms with Crippen LogP contribution >= 0.6 is 0 Å². The predicted molar refractivity (Wildman–Crippen MR) is 71.7 cm³/mol. The second-order valence-electron chi connectivity index (χ2n) is 5.42. The lowest BCUT2D eigenvalue weighted by Crippen LogP contribution is -2.34. The Bertz CT molecular complexity index is 472. The molecular weight excluding hydrogens is 242 g/mol. The smallest absolute Gasteiger partial charge is 0.311 e. The van der Waals surface area contributed by atoms with Gasteiger partial charge in [0.2, 0.25) is 5.91 Å². The molecule has 0 bridgehead atoms. The van der Waals surface area contributed by atoms with Crippen molar-refractivity contribution < 1.29 is 14.7 Å². The fraction of sp³-hybridized carbons (Fsp3) is 0.467. The van der Waals surface area contributed by atoms with Crippen LogP contribution in [0.5, 0.6) is 0 Å². The third-order valence-corrected chi connectivity index (χ3v) is 3.81. The average Bonchev–Trinajstić information content (AvgIpc) is 2.81. The van der Waals surface area contributed by atoms with E-state index in [1.165, 1.54) is 0 Å². The summed E-state index contributed by atoms with van der Waals surface area (Å²) >= 11 is 0. The Morgan fingerprint density at radius 2 is 2.00 bits per heavy atom. The Labute approximate surface area is 113 Å². The first kappa shape index (κ1) is 13.6. The van der Waals surface area contributed by atoms with Crippen molar-refractivity contribution in [2.45, 2.75) is 26.2 Å². The average molecular weight is 261 g/mol. The van der Waals surface area contributed by atoms with Gasteiger partial charge in [0.1, 0.15) is 0 Å². The number of carboxylic acids is 1. The molecule has 1 amide bonds. The van der Waals surface area contributed by atoms with Gasteiger partial charge in [0, 0.05) is 19.5 Å². The molecule has 1 aliphatic heterocycles. The molecule has 4 nitrogen and oxygen atoms in total. The summed E-state index contributed by atoms with van der Waals surface area (Å²) in [5.41, 5.74) is 0.360. The van der Waals surface area contributed by atoms with Gasteiger partial charge in [0.25, 0.3) is 0 Å². The SMILES string of the molecule is CC1(C(=O)O)CCN(C(=O)CCc2ccccc2)C1. The first-order chi connectivity index (χ1) is 9.01. The molecule has 0 aliphatic carbocycles. The maximum absolute atomic E-state index is 12.1. The minimum atomic E-state index is -0.814. The van der Waals surface area contributed by atoms with E-state index in [1.807, 2.05) is 30.3 Å². The van der Waals surface area contributed by atoms with E-state index in [1.54, 1.807) is 11.8 Å². The Kier molecular flexibility index (Phi) is 3.88. The highest BCUT2D eigenvalue weighted by molar-refractivity contribution is 5.80. The van der Waals surface area contributed by atoms with Crippen molar-refractivity contribution in [1.82, 2.24) is 4.90 Å². The fourth-order valence-corrected chi connectivity index (χ4v) is 2.40. The number of aliphatic carboxylic acids is 1. The van der Waals surface area contributed by atoms with Crippen molar-refractivity contribution in [3.8, 4) is 0 Å². The fourth-order valence-electron chi connectivity index (χ4n) is 2.40. The van der Waals surface area contributed by atoms with Gasteiger partial charge in [-0.05, 0) is 25.3 Å². The molecule has 0 radical (unpaired) electrons. The molecule has 1 aromatic carbocycles. The molecule has 1 unspecified atom stereocenters. The molecule has 102 valence electrons. The van der Waals surface area contributed by atoms with Gasteiger partial charge in [0.05, 0.1) is 5.41 Å². The van der Waals surface area contributed by atoms with Crippen molar-refractivity contribution in [1.29, 1.82) is 0 Å². The van der Waals surface area contributed by atoms with Crippen LogP contribution in [0.3, 0.4) is 0 Å². The zero-order chi connectivity index (χ0) is 13.9. The minimum Gasteiger partial charge on any atom is -0.481 e. The van der Waals surface area contributed by atoms with Gasteiger partial charge in [-0.15, -0.1) is 0 Å². The molecule has 1 aliphatic rings. The highest BCUT2D eigenvalue weighted by Crippen LogP contribution is 2.30. The van der Waals surface area contributed by atoms with Gasteiger partial charge in [0.15, 0.2) is 0 Å². The van der Waals surface area contributed by atoms with Gasteiger partial charge in [-0.2, -0.15) is 0 Å². The number of likely N-dealkylation sites (tertiary alicyclic amines) is 1. The molecule has 0 aromatic heterocycles. The molecule has 1 aromatic rings. The summed E-state index contributed by atoms with van der Waals surface area (Å²) in [7, 11) is 0. The van der Waals surface area contributed by atoms with Gasteiger partial charge in [-0.1, -0.05) is 30.3 Å². The molecule has 2 rings (SSSR count). The van der Waals surface area contributed by atoms with E-state index in [2.05, 4.69) is 0 Å². The number of hydrogen-bond acceptors (Lipinski definition) is 2. The number of carbonyl (C=O) groups is 2. The van der Waals surface area contributed by atoms with Gasteiger partial charge < -0.3 is 10.0 Å². The standard InChI is InChI=1S/C15H19NO3/c1-15(14(18)19)9-10-16(11-15)13(17)8-7-12-5-3-2-4-6-12/h2-6H,7-11H2,1H3,(H,18,19). The zero-order valence-electron chi connectivity index (χ0n) is 11.1. The number of aryl methyl sites for hydroxylation is 1. The second-order valence-corrected chi connectivity index (χ2v) is 5.42. The first-order valence-electron chi connectivity index (χ1n) is 6.56. The highest BCUT2D eigenvalue weighted by atomic mass is 16.4. The van der Waals surface area contributed by atoms with Crippen LogP contribution in [0.15, 0.2) is 30.3 Å². The quantitative estimate of drug-likeness (QED) is 0.901. The van der Waals surface area contributed by atoms with Crippen molar-refractivity contribution in [2.24, 2.45) is 5.41 Å². The lowest BCUT2D eigenvalue weighted by atomic mass is 9.90. The molecule has 1 N–H and O–H groups in total. The normalized spacial score (nSPS) is 22.5. The van der Waals surface area contributed by atoms with Crippen LogP contribution in [0.1, 0.15) is 25.3 Å². The molecular formula is C15H19NO3. The lowest BCUT2D eigenvalue weighted by molar-refractivity contribution is -0.147. The molecule has 1 fully saturated rings. The molecule has 19 heavy (non-hydrogen) atoms. The van der Waals surface area contributed by atoms with Crippen LogP contribution in [0, 0.1) is 5.41 Å². The molecule has 1 saturated heterocycles. The van der Waals surface area contributed by atoms with E-state index in [0.29, 0.717) is 32.4 Å². The van der Waals surface area contributed by atoms with E-state index in [0.717, 1.165) is 5.56 Å². The summed E-state index contributed by atoms with van der Waals surface area (Å²) in [6.07, 6.45) is 1.69. The van der Waals surface area contributed by atoms with E-state index in [4.69, 9.17) is 5.11 Å². The topological polar surface area (TPSA) is 57.6 Å². The molecule has 4 heteroatoms. The van der Waals surface area contributed by atoms with Crippen molar-refractivity contribution >= 4 is 11.9 Å². The maximum atomic E-state index is 12.1. The van der Waals surface area contributed by atoms with Crippen LogP contribution < -0.4 is 0 Å². The lowest BCUT2D eigenvalue weighted by Gasteiger charge is -2.20. The summed E-state index contributed by atoms with van der Waals surface area (Å²) < 4.78 is 0. The summed E-state index contributed by atoms with van der Waals surface area (Å²) in [6.45, 7) is 2.59. The summed E-state index contributed by atoms with van der Waals surface area (Å²) in [5, 5.41) is 9.14. The van der Waals surface area contributed by atoms with Gasteiger partial charge in [-0.3, -0.25) is 9.59 Å². The first-order valence-corrected chi connectivity index (χ1v) is 6.56. The Balaban J connectivity index is 1.87. The Morgan fingerprint density at radius 3 is 2.58 bits per heavy atom. The molecule has 0 spiro atoms. The molecule has 1 atom stereocenters. The van der Waals surface area contributed by atoms with Crippen molar-refractivity contribution in [2.75, 3.05) is 13.1 Å². The highest BCUT2D eigenvalue weighted by Gasteiger charge is 2.41.